The third kappa shape index (κ3) is 5.51. The van der Waals surface area contributed by atoms with Crippen LogP contribution in [0.15, 0.2) is 54.7 Å². The zero-order valence-corrected chi connectivity index (χ0v) is 16.0. The second-order valence-electron chi connectivity index (χ2n) is 6.25. The van der Waals surface area contributed by atoms with Crippen molar-refractivity contribution in [2.24, 2.45) is 0 Å². The number of hydrogen-bond acceptors (Lipinski definition) is 6. The molecule has 3 aromatic rings. The summed E-state index contributed by atoms with van der Waals surface area (Å²) in [5.74, 6) is 1.00. The highest BCUT2D eigenvalue weighted by Crippen LogP contribution is 2.11. The molecule has 7 heteroatoms. The first-order valence-corrected chi connectivity index (χ1v) is 9.04. The highest BCUT2D eigenvalue weighted by atomic mass is 16.5. The second-order valence-corrected chi connectivity index (χ2v) is 6.25. The first-order valence-electron chi connectivity index (χ1n) is 9.04. The van der Waals surface area contributed by atoms with Crippen molar-refractivity contribution in [3.05, 3.63) is 77.4 Å². The summed E-state index contributed by atoms with van der Waals surface area (Å²) in [6.45, 7) is 2.84. The van der Waals surface area contributed by atoms with Gasteiger partial charge in [-0.2, -0.15) is 0 Å². The van der Waals surface area contributed by atoms with Crippen molar-refractivity contribution in [1.29, 1.82) is 0 Å². The van der Waals surface area contributed by atoms with Gasteiger partial charge >= 0.3 is 0 Å². The minimum atomic E-state index is -0.222. The standard InChI is InChI=1S/C21H23N5O2/c1-15-13-19(26-21(25-15)24-14-17-5-3-4-11-22-17)20(27)23-12-10-16-6-8-18(28-2)9-7-16/h3-9,11,13H,10,12,14H2,1-2H3,(H,23,27)(H,24,25,26). The monoisotopic (exact) mass is 377 g/mol. The van der Waals surface area contributed by atoms with Crippen LogP contribution in [0.25, 0.3) is 0 Å². The highest BCUT2D eigenvalue weighted by Gasteiger charge is 2.10. The smallest absolute Gasteiger partial charge is 0.270 e. The lowest BCUT2D eigenvalue weighted by Gasteiger charge is -2.09. The number of methoxy groups -OCH3 is 1. The van der Waals surface area contributed by atoms with Crippen LogP contribution in [0.2, 0.25) is 0 Å². The molecule has 2 aromatic heterocycles. The van der Waals surface area contributed by atoms with Gasteiger partial charge in [0, 0.05) is 18.4 Å². The fourth-order valence-electron chi connectivity index (χ4n) is 2.64. The van der Waals surface area contributed by atoms with Gasteiger partial charge in [0.2, 0.25) is 5.95 Å². The van der Waals surface area contributed by atoms with Crippen LogP contribution in [0.1, 0.15) is 27.4 Å². The topological polar surface area (TPSA) is 89.0 Å². The number of aryl methyl sites for hydroxylation is 1. The number of ether oxygens (including phenoxy) is 1. The number of hydrogen-bond donors (Lipinski definition) is 2. The largest absolute Gasteiger partial charge is 0.497 e. The Bertz CT molecular complexity index is 914. The first kappa shape index (κ1) is 19.3. The summed E-state index contributed by atoms with van der Waals surface area (Å²) in [7, 11) is 1.64. The van der Waals surface area contributed by atoms with Gasteiger partial charge in [0.15, 0.2) is 0 Å². The van der Waals surface area contributed by atoms with Gasteiger partial charge in [-0.1, -0.05) is 18.2 Å². The quantitative estimate of drug-likeness (QED) is 0.627. The number of pyridine rings is 1. The molecule has 1 amide bonds. The lowest BCUT2D eigenvalue weighted by atomic mass is 10.1. The van der Waals surface area contributed by atoms with Crippen LogP contribution < -0.4 is 15.4 Å². The molecule has 0 aliphatic heterocycles. The van der Waals surface area contributed by atoms with Crippen LogP contribution in [0.3, 0.4) is 0 Å². The highest BCUT2D eigenvalue weighted by molar-refractivity contribution is 5.92. The number of rotatable bonds is 8. The Kier molecular flexibility index (Phi) is 6.51. The van der Waals surface area contributed by atoms with Gasteiger partial charge in [0.1, 0.15) is 11.4 Å². The van der Waals surface area contributed by atoms with Gasteiger partial charge in [-0.05, 0) is 49.2 Å². The summed E-state index contributed by atoms with van der Waals surface area (Å²) in [4.78, 5) is 25.4. The van der Waals surface area contributed by atoms with Crippen LogP contribution in [-0.2, 0) is 13.0 Å². The number of benzene rings is 1. The molecule has 28 heavy (non-hydrogen) atoms. The van der Waals surface area contributed by atoms with E-state index in [9.17, 15) is 4.79 Å². The van der Waals surface area contributed by atoms with Crippen LogP contribution in [0.4, 0.5) is 5.95 Å². The fraction of sp³-hybridized carbons (Fsp3) is 0.238. The van der Waals surface area contributed by atoms with Crippen LogP contribution >= 0.6 is 0 Å². The van der Waals surface area contributed by atoms with Crippen molar-refractivity contribution < 1.29 is 9.53 Å². The van der Waals surface area contributed by atoms with Gasteiger partial charge in [0.25, 0.3) is 5.91 Å². The van der Waals surface area contributed by atoms with Crippen molar-refractivity contribution in [2.45, 2.75) is 19.9 Å². The molecular weight excluding hydrogens is 354 g/mol. The van der Waals surface area contributed by atoms with E-state index >= 15 is 0 Å². The Hall–Kier alpha value is -3.48. The summed E-state index contributed by atoms with van der Waals surface area (Å²) in [6, 6.07) is 15.2. The molecule has 2 N–H and O–H groups in total. The van der Waals surface area contributed by atoms with Crippen molar-refractivity contribution in [1.82, 2.24) is 20.3 Å². The number of carbonyl (C=O) groups is 1. The molecule has 2 heterocycles. The number of amides is 1. The molecule has 0 saturated carbocycles. The first-order chi connectivity index (χ1) is 13.6. The number of carbonyl (C=O) groups excluding carboxylic acids is 1. The molecule has 3 rings (SSSR count). The van der Waals surface area contributed by atoms with E-state index in [4.69, 9.17) is 4.74 Å². The maximum Gasteiger partial charge on any atom is 0.270 e. The summed E-state index contributed by atoms with van der Waals surface area (Å²) in [5.41, 5.74) is 3.06. The summed E-state index contributed by atoms with van der Waals surface area (Å²) >= 11 is 0. The van der Waals surface area contributed by atoms with Gasteiger partial charge in [0.05, 0.1) is 19.3 Å². The third-order valence-electron chi connectivity index (χ3n) is 4.10. The van der Waals surface area contributed by atoms with E-state index in [0.717, 1.165) is 29.1 Å². The summed E-state index contributed by atoms with van der Waals surface area (Å²) in [6.07, 6.45) is 2.46. The lowest BCUT2D eigenvalue weighted by molar-refractivity contribution is 0.0949. The zero-order valence-electron chi connectivity index (χ0n) is 16.0. The van der Waals surface area contributed by atoms with Gasteiger partial charge in [-0.3, -0.25) is 9.78 Å². The maximum atomic E-state index is 12.5. The molecule has 0 saturated heterocycles. The Morgan fingerprint density at radius 2 is 1.93 bits per heavy atom. The fourth-order valence-corrected chi connectivity index (χ4v) is 2.64. The summed E-state index contributed by atoms with van der Waals surface area (Å²) in [5, 5.41) is 6.02. The molecule has 0 aliphatic carbocycles. The minimum absolute atomic E-state index is 0.222. The van der Waals surface area contributed by atoms with E-state index in [1.807, 2.05) is 49.4 Å². The summed E-state index contributed by atoms with van der Waals surface area (Å²) < 4.78 is 5.15. The molecule has 0 bridgehead atoms. The normalized spacial score (nSPS) is 10.4. The average Bonchev–Trinajstić information content (AvgIpc) is 2.73. The van der Waals surface area contributed by atoms with Crippen LogP contribution in [0.5, 0.6) is 5.75 Å². The molecule has 0 radical (unpaired) electrons. The zero-order chi connectivity index (χ0) is 19.8. The molecule has 144 valence electrons. The predicted molar refractivity (Wildman–Crippen MR) is 107 cm³/mol. The van der Waals surface area contributed by atoms with E-state index in [1.54, 1.807) is 19.4 Å². The Labute approximate surface area is 164 Å². The van der Waals surface area contributed by atoms with E-state index in [-0.39, 0.29) is 5.91 Å². The molecular formula is C21H23N5O2. The molecule has 0 fully saturated rings. The predicted octanol–water partition coefficient (Wildman–Crippen LogP) is 2.77. The van der Waals surface area contributed by atoms with E-state index < -0.39 is 0 Å². The molecule has 0 unspecified atom stereocenters. The Morgan fingerprint density at radius 1 is 1.11 bits per heavy atom. The second kappa shape index (κ2) is 9.45. The Morgan fingerprint density at radius 3 is 2.64 bits per heavy atom. The van der Waals surface area contributed by atoms with Gasteiger partial charge < -0.3 is 15.4 Å². The number of anilines is 1. The van der Waals surface area contributed by atoms with E-state index in [0.29, 0.717) is 24.7 Å². The van der Waals surface area contributed by atoms with Crippen molar-refractivity contribution in [3.8, 4) is 5.75 Å². The third-order valence-corrected chi connectivity index (χ3v) is 4.10. The SMILES string of the molecule is COc1ccc(CCNC(=O)c2cc(C)nc(NCc3ccccn3)n2)cc1. The van der Waals surface area contributed by atoms with E-state index in [1.165, 1.54) is 0 Å². The molecule has 0 aliphatic rings. The van der Waals surface area contributed by atoms with Gasteiger partial charge in [-0.25, -0.2) is 9.97 Å². The van der Waals surface area contributed by atoms with Crippen LogP contribution in [-0.4, -0.2) is 34.5 Å². The number of aromatic nitrogens is 3. The van der Waals surface area contributed by atoms with E-state index in [2.05, 4.69) is 25.6 Å². The van der Waals surface area contributed by atoms with Crippen LogP contribution in [0, 0.1) is 6.92 Å². The van der Waals surface area contributed by atoms with Crippen molar-refractivity contribution in [2.75, 3.05) is 19.0 Å². The molecule has 0 atom stereocenters. The average molecular weight is 377 g/mol. The van der Waals surface area contributed by atoms with Gasteiger partial charge in [-0.15, -0.1) is 0 Å². The van der Waals surface area contributed by atoms with Crippen molar-refractivity contribution >= 4 is 11.9 Å². The molecule has 0 spiro atoms. The van der Waals surface area contributed by atoms with Crippen molar-refractivity contribution in [3.63, 3.8) is 0 Å². The maximum absolute atomic E-state index is 12.5. The lowest BCUT2D eigenvalue weighted by Crippen LogP contribution is -2.27. The molecule has 1 aromatic carbocycles. The number of nitrogens with zero attached hydrogens (tertiary/aromatic N) is 3. The minimum Gasteiger partial charge on any atom is -0.497 e. The Balaban J connectivity index is 1.55. The molecule has 7 nitrogen and oxygen atoms in total. The number of nitrogens with one attached hydrogen (secondary N) is 2.